The highest BCUT2D eigenvalue weighted by Gasteiger charge is 2.15. The van der Waals surface area contributed by atoms with E-state index >= 15 is 0 Å². The fourth-order valence-electron chi connectivity index (χ4n) is 2.43. The second kappa shape index (κ2) is 9.38. The summed E-state index contributed by atoms with van der Waals surface area (Å²) in [7, 11) is 0. The Balaban J connectivity index is 1.84. The fourth-order valence-corrected chi connectivity index (χ4v) is 3.18. The summed E-state index contributed by atoms with van der Waals surface area (Å²) in [6.45, 7) is 2.33. The van der Waals surface area contributed by atoms with Gasteiger partial charge in [0.15, 0.2) is 0 Å². The number of aliphatic hydroxyl groups excluding tert-OH is 1. The van der Waals surface area contributed by atoms with E-state index in [0.29, 0.717) is 18.7 Å². The predicted molar refractivity (Wildman–Crippen MR) is 95.7 cm³/mol. The molecular formula is C19H23NO2S. The number of rotatable bonds is 8. The molecule has 122 valence electrons. The van der Waals surface area contributed by atoms with Crippen molar-refractivity contribution in [3.8, 4) is 0 Å². The molecule has 3 nitrogen and oxygen atoms in total. The van der Waals surface area contributed by atoms with Gasteiger partial charge in [0.1, 0.15) is 0 Å². The Morgan fingerprint density at radius 3 is 2.30 bits per heavy atom. The van der Waals surface area contributed by atoms with E-state index < -0.39 is 6.10 Å². The second-order valence-corrected chi connectivity index (χ2v) is 6.65. The maximum absolute atomic E-state index is 12.0. The number of carbonyl (C=O) groups is 1. The van der Waals surface area contributed by atoms with E-state index in [4.69, 9.17) is 0 Å². The second-order valence-electron chi connectivity index (χ2n) is 5.60. The molecule has 0 spiro atoms. The van der Waals surface area contributed by atoms with Gasteiger partial charge in [-0.3, -0.25) is 4.79 Å². The number of thioether (sulfide) groups is 1. The first-order chi connectivity index (χ1) is 11.1. The molecule has 2 aromatic rings. The summed E-state index contributed by atoms with van der Waals surface area (Å²) in [4.78, 5) is 13.1. The molecule has 2 rings (SSSR count). The highest BCUT2D eigenvalue weighted by atomic mass is 32.2. The quantitative estimate of drug-likeness (QED) is 0.729. The number of aliphatic hydroxyl groups is 1. The monoisotopic (exact) mass is 329 g/mol. The molecule has 4 heteroatoms. The molecular weight excluding hydrogens is 306 g/mol. The van der Waals surface area contributed by atoms with Crippen molar-refractivity contribution in [2.24, 2.45) is 0 Å². The Morgan fingerprint density at radius 1 is 1.09 bits per heavy atom. The van der Waals surface area contributed by atoms with Crippen molar-refractivity contribution in [2.45, 2.75) is 30.3 Å². The molecule has 0 saturated carbocycles. The van der Waals surface area contributed by atoms with Crippen molar-refractivity contribution in [2.75, 3.05) is 12.3 Å². The Kier molecular flexibility index (Phi) is 7.17. The summed E-state index contributed by atoms with van der Waals surface area (Å²) in [5.74, 6) is 0.549. The molecule has 1 amide bonds. The van der Waals surface area contributed by atoms with Gasteiger partial charge in [-0.1, -0.05) is 48.5 Å². The number of nitrogens with one attached hydrogen (secondary N) is 1. The van der Waals surface area contributed by atoms with Gasteiger partial charge in [0.05, 0.1) is 11.9 Å². The first-order valence-electron chi connectivity index (χ1n) is 7.82. The van der Waals surface area contributed by atoms with Crippen molar-refractivity contribution >= 4 is 17.7 Å². The Bertz CT molecular complexity index is 587. The minimum Gasteiger partial charge on any atom is -0.393 e. The van der Waals surface area contributed by atoms with E-state index in [1.165, 1.54) is 11.8 Å². The zero-order chi connectivity index (χ0) is 16.5. The Morgan fingerprint density at radius 2 is 1.70 bits per heavy atom. The number of amides is 1. The summed E-state index contributed by atoms with van der Waals surface area (Å²) >= 11 is 1.53. The zero-order valence-electron chi connectivity index (χ0n) is 13.3. The van der Waals surface area contributed by atoms with Crippen LogP contribution in [0.1, 0.15) is 24.8 Å². The molecule has 0 saturated heterocycles. The van der Waals surface area contributed by atoms with Gasteiger partial charge >= 0.3 is 0 Å². The fraction of sp³-hybridized carbons (Fsp3) is 0.316. The van der Waals surface area contributed by atoms with Crippen LogP contribution in [0.2, 0.25) is 0 Å². The molecule has 0 aromatic heterocycles. The third-order valence-electron chi connectivity index (χ3n) is 3.56. The van der Waals surface area contributed by atoms with Gasteiger partial charge in [0.25, 0.3) is 0 Å². The third kappa shape index (κ3) is 6.47. The van der Waals surface area contributed by atoms with Gasteiger partial charge in [-0.15, -0.1) is 11.8 Å². The highest BCUT2D eigenvalue weighted by Crippen LogP contribution is 2.21. The van der Waals surface area contributed by atoms with Gasteiger partial charge in [-0.2, -0.15) is 0 Å². The summed E-state index contributed by atoms with van der Waals surface area (Å²) in [6, 6.07) is 19.9. The van der Waals surface area contributed by atoms with Crippen LogP contribution in [0.4, 0.5) is 0 Å². The van der Waals surface area contributed by atoms with Crippen LogP contribution in [0.3, 0.4) is 0 Å². The van der Waals surface area contributed by atoms with Crippen LogP contribution in [0.25, 0.3) is 0 Å². The molecule has 0 radical (unpaired) electrons. The molecule has 2 unspecified atom stereocenters. The molecule has 0 heterocycles. The minimum atomic E-state index is -0.393. The molecule has 23 heavy (non-hydrogen) atoms. The summed E-state index contributed by atoms with van der Waals surface area (Å²) in [5.41, 5.74) is 1.14. The lowest BCUT2D eigenvalue weighted by atomic mass is 9.93. The van der Waals surface area contributed by atoms with Gasteiger partial charge in [0, 0.05) is 17.4 Å². The number of hydrogen-bond donors (Lipinski definition) is 2. The molecule has 2 aromatic carbocycles. The van der Waals surface area contributed by atoms with Crippen LogP contribution in [0.15, 0.2) is 65.6 Å². The Hall–Kier alpha value is -1.78. The summed E-state index contributed by atoms with van der Waals surface area (Å²) in [5, 5.41) is 12.7. The molecule has 0 fully saturated rings. The largest absolute Gasteiger partial charge is 0.393 e. The first kappa shape index (κ1) is 17.6. The van der Waals surface area contributed by atoms with Crippen LogP contribution in [-0.4, -0.2) is 29.4 Å². The molecule has 2 N–H and O–H groups in total. The number of hydrogen-bond acceptors (Lipinski definition) is 3. The normalized spacial score (nSPS) is 13.3. The average molecular weight is 329 g/mol. The van der Waals surface area contributed by atoms with Gasteiger partial charge in [-0.05, 0) is 31.0 Å². The van der Waals surface area contributed by atoms with E-state index in [2.05, 4.69) is 5.32 Å². The first-order valence-corrected chi connectivity index (χ1v) is 8.81. The van der Waals surface area contributed by atoms with E-state index in [1.54, 1.807) is 6.92 Å². The van der Waals surface area contributed by atoms with Crippen molar-refractivity contribution in [1.29, 1.82) is 0 Å². The van der Waals surface area contributed by atoms with Crippen molar-refractivity contribution in [1.82, 2.24) is 5.32 Å². The van der Waals surface area contributed by atoms with E-state index in [9.17, 15) is 9.90 Å². The molecule has 0 aliphatic carbocycles. The van der Waals surface area contributed by atoms with Crippen LogP contribution >= 0.6 is 11.8 Å². The average Bonchev–Trinajstić information content (AvgIpc) is 2.58. The predicted octanol–water partition coefficient (Wildman–Crippen LogP) is 3.45. The minimum absolute atomic E-state index is 0.0189. The lowest BCUT2D eigenvalue weighted by molar-refractivity contribution is -0.118. The summed E-state index contributed by atoms with van der Waals surface area (Å²) < 4.78 is 0. The Labute approximate surface area is 142 Å². The van der Waals surface area contributed by atoms with Crippen molar-refractivity contribution < 1.29 is 9.90 Å². The highest BCUT2D eigenvalue weighted by molar-refractivity contribution is 8.00. The van der Waals surface area contributed by atoms with Crippen LogP contribution < -0.4 is 5.32 Å². The van der Waals surface area contributed by atoms with E-state index in [0.717, 1.165) is 10.5 Å². The van der Waals surface area contributed by atoms with Gasteiger partial charge < -0.3 is 10.4 Å². The van der Waals surface area contributed by atoms with Crippen LogP contribution in [0, 0.1) is 0 Å². The molecule has 0 aliphatic rings. The SMILES string of the molecule is CC(O)CC(CNC(=O)CSc1ccccc1)c1ccccc1. The lowest BCUT2D eigenvalue weighted by Crippen LogP contribution is -2.31. The van der Waals surface area contributed by atoms with Crippen molar-refractivity contribution in [3.05, 3.63) is 66.2 Å². The van der Waals surface area contributed by atoms with Crippen molar-refractivity contribution in [3.63, 3.8) is 0 Å². The smallest absolute Gasteiger partial charge is 0.230 e. The molecule has 0 aliphatic heterocycles. The van der Waals surface area contributed by atoms with Gasteiger partial charge in [-0.25, -0.2) is 0 Å². The zero-order valence-corrected chi connectivity index (χ0v) is 14.1. The van der Waals surface area contributed by atoms with Crippen LogP contribution in [0.5, 0.6) is 0 Å². The number of benzene rings is 2. The maximum Gasteiger partial charge on any atom is 0.230 e. The lowest BCUT2D eigenvalue weighted by Gasteiger charge is -2.19. The van der Waals surface area contributed by atoms with E-state index in [1.807, 2.05) is 60.7 Å². The van der Waals surface area contributed by atoms with Crippen LogP contribution in [-0.2, 0) is 4.79 Å². The van der Waals surface area contributed by atoms with Gasteiger partial charge in [0.2, 0.25) is 5.91 Å². The standard InChI is InChI=1S/C19H23NO2S/c1-15(21)12-17(16-8-4-2-5-9-16)13-20-19(22)14-23-18-10-6-3-7-11-18/h2-11,15,17,21H,12-14H2,1H3,(H,20,22). The topological polar surface area (TPSA) is 49.3 Å². The van der Waals surface area contributed by atoms with E-state index in [-0.39, 0.29) is 11.8 Å². The molecule has 2 atom stereocenters. The maximum atomic E-state index is 12.0. The summed E-state index contributed by atoms with van der Waals surface area (Å²) in [6.07, 6.45) is 0.242. The third-order valence-corrected chi connectivity index (χ3v) is 4.57. The molecule has 0 bridgehead atoms. The number of carbonyl (C=O) groups excluding carboxylic acids is 1.